The molecule has 0 spiro atoms. The van der Waals surface area contributed by atoms with Gasteiger partial charge in [-0.3, -0.25) is 14.6 Å². The lowest BCUT2D eigenvalue weighted by atomic mass is 9.82. The number of carbonyl (C=O) groups excluding carboxylic acids is 2. The number of carbonyl (C=O) groups is 2. The van der Waals surface area contributed by atoms with Gasteiger partial charge in [-0.05, 0) is 25.0 Å². The van der Waals surface area contributed by atoms with Crippen LogP contribution in [-0.2, 0) is 16.1 Å². The van der Waals surface area contributed by atoms with Gasteiger partial charge < -0.3 is 4.98 Å². The van der Waals surface area contributed by atoms with Crippen LogP contribution in [0.25, 0.3) is 11.0 Å². The van der Waals surface area contributed by atoms with Gasteiger partial charge in [0.05, 0.1) is 17.6 Å². The fourth-order valence-corrected chi connectivity index (χ4v) is 2.92. The topological polar surface area (TPSA) is 75.2 Å². The summed E-state index contributed by atoms with van der Waals surface area (Å²) in [6.45, 7) is 2.17. The third kappa shape index (κ3) is 2.84. The molecule has 1 aromatic heterocycles. The van der Waals surface area contributed by atoms with Crippen LogP contribution in [0.3, 0.4) is 0 Å². The van der Waals surface area contributed by atoms with Gasteiger partial charge >= 0.3 is 0 Å². The van der Waals surface area contributed by atoms with Crippen molar-refractivity contribution in [2.24, 2.45) is 10.9 Å². The Morgan fingerprint density at radius 2 is 2.18 bits per heavy atom. The van der Waals surface area contributed by atoms with E-state index in [2.05, 4.69) is 15.0 Å². The number of para-hydroxylation sites is 2. The van der Waals surface area contributed by atoms with Crippen LogP contribution in [0.2, 0.25) is 0 Å². The maximum absolute atomic E-state index is 12.0. The molecule has 3 rings (SSSR count). The van der Waals surface area contributed by atoms with Gasteiger partial charge in [0.2, 0.25) is 0 Å². The van der Waals surface area contributed by atoms with Crippen LogP contribution < -0.4 is 0 Å². The molecule has 114 valence electrons. The molecule has 1 aliphatic carbocycles. The van der Waals surface area contributed by atoms with E-state index >= 15 is 0 Å². The molecule has 1 aromatic carbocycles. The van der Waals surface area contributed by atoms with Crippen LogP contribution in [0.5, 0.6) is 0 Å². The van der Waals surface area contributed by atoms with Crippen LogP contribution in [-0.4, -0.2) is 27.2 Å². The largest absolute Gasteiger partial charge is 0.340 e. The Hall–Kier alpha value is -2.30. The van der Waals surface area contributed by atoms with Crippen LogP contribution >= 0.6 is 0 Å². The van der Waals surface area contributed by atoms with Gasteiger partial charge in [0.15, 0.2) is 0 Å². The molecule has 1 heterocycles. The number of aromatic nitrogens is 2. The van der Waals surface area contributed by atoms with Crippen LogP contribution in [0.4, 0.5) is 0 Å². The minimum Gasteiger partial charge on any atom is -0.340 e. The molecule has 0 aliphatic heterocycles. The molecule has 0 amide bonds. The van der Waals surface area contributed by atoms with E-state index in [4.69, 9.17) is 0 Å². The minimum absolute atomic E-state index is 0.0152. The fraction of sp³-hybridized carbons (Fsp3) is 0.412. The van der Waals surface area contributed by atoms with E-state index in [0.717, 1.165) is 35.4 Å². The highest BCUT2D eigenvalue weighted by atomic mass is 16.1. The zero-order valence-electron chi connectivity index (χ0n) is 12.6. The van der Waals surface area contributed by atoms with E-state index in [0.29, 0.717) is 19.4 Å². The number of fused-ring (bicyclic) bond motifs is 1. The Labute approximate surface area is 128 Å². The normalized spacial score (nSPS) is 20.7. The Kier molecular flexibility index (Phi) is 4.13. The fourth-order valence-electron chi connectivity index (χ4n) is 2.92. The number of ketones is 2. The first-order valence-electron chi connectivity index (χ1n) is 7.71. The first-order valence-corrected chi connectivity index (χ1v) is 7.71. The van der Waals surface area contributed by atoms with Crippen molar-refractivity contribution in [3.8, 4) is 0 Å². The van der Waals surface area contributed by atoms with Crippen molar-refractivity contribution in [2.75, 3.05) is 0 Å². The van der Waals surface area contributed by atoms with Crippen molar-refractivity contribution in [3.63, 3.8) is 0 Å². The van der Waals surface area contributed by atoms with E-state index in [1.54, 1.807) is 6.92 Å². The number of imidazole rings is 1. The molecule has 2 aromatic rings. The predicted molar refractivity (Wildman–Crippen MR) is 84.9 cm³/mol. The quantitative estimate of drug-likeness (QED) is 0.882. The summed E-state index contributed by atoms with van der Waals surface area (Å²) in [6.07, 6.45) is 2.37. The van der Waals surface area contributed by atoms with Crippen LogP contribution in [0, 0.1) is 5.92 Å². The second kappa shape index (κ2) is 6.22. The van der Waals surface area contributed by atoms with Gasteiger partial charge in [0.1, 0.15) is 23.3 Å². The van der Waals surface area contributed by atoms with Gasteiger partial charge in [-0.15, -0.1) is 0 Å². The average molecular weight is 297 g/mol. The number of aliphatic imine (C=N–C) groups is 1. The molecule has 0 bridgehead atoms. The van der Waals surface area contributed by atoms with Crippen LogP contribution in [0.1, 0.15) is 38.4 Å². The van der Waals surface area contributed by atoms with Crippen molar-refractivity contribution in [1.29, 1.82) is 0 Å². The molecule has 0 unspecified atom stereocenters. The minimum atomic E-state index is -0.622. The van der Waals surface area contributed by atoms with Gasteiger partial charge in [0.25, 0.3) is 0 Å². The van der Waals surface area contributed by atoms with Crippen molar-refractivity contribution in [1.82, 2.24) is 9.97 Å². The zero-order valence-corrected chi connectivity index (χ0v) is 12.6. The number of H-pyrrole nitrogens is 1. The van der Waals surface area contributed by atoms with Crippen molar-refractivity contribution in [3.05, 3.63) is 30.1 Å². The number of hydrogen-bond acceptors (Lipinski definition) is 4. The molecule has 5 heteroatoms. The monoisotopic (exact) mass is 297 g/mol. The summed E-state index contributed by atoms with van der Waals surface area (Å²) < 4.78 is 0. The summed E-state index contributed by atoms with van der Waals surface area (Å²) in [5.74, 6) is 0.132. The summed E-state index contributed by atoms with van der Waals surface area (Å²) in [6, 6.07) is 7.79. The van der Waals surface area contributed by atoms with E-state index in [9.17, 15) is 9.59 Å². The highest BCUT2D eigenvalue weighted by Gasteiger charge is 2.32. The van der Waals surface area contributed by atoms with Gasteiger partial charge in [0, 0.05) is 18.6 Å². The predicted octanol–water partition coefficient (Wildman–Crippen LogP) is 2.85. The summed E-state index contributed by atoms with van der Waals surface area (Å²) in [5, 5.41) is 0. The molecule has 1 N–H and O–H groups in total. The van der Waals surface area contributed by atoms with Crippen molar-refractivity contribution in [2.45, 2.75) is 39.2 Å². The first-order chi connectivity index (χ1) is 10.7. The lowest BCUT2D eigenvalue weighted by Gasteiger charge is -2.21. The highest BCUT2D eigenvalue weighted by Crippen LogP contribution is 2.21. The first kappa shape index (κ1) is 14.6. The van der Waals surface area contributed by atoms with Gasteiger partial charge in [-0.2, -0.15) is 0 Å². The van der Waals surface area contributed by atoms with Gasteiger partial charge in [-0.1, -0.05) is 19.1 Å². The maximum atomic E-state index is 12.0. The molecule has 22 heavy (non-hydrogen) atoms. The Balaban J connectivity index is 1.83. The van der Waals surface area contributed by atoms with E-state index < -0.39 is 5.92 Å². The van der Waals surface area contributed by atoms with E-state index in [-0.39, 0.29) is 11.6 Å². The maximum Gasteiger partial charge on any atom is 0.149 e. The standard InChI is InChI=1S/C17H19N3O2/c1-2-14(21)17-13(8-5-9-15(17)22)18-10-16-19-11-6-3-4-7-12(11)20-16/h3-4,6-7,17H,2,5,8-10H2,1H3,(H,19,20)/t17-/m0/s1. The van der Waals surface area contributed by atoms with Crippen LogP contribution in [0.15, 0.2) is 29.3 Å². The molecule has 1 saturated carbocycles. The third-order valence-electron chi connectivity index (χ3n) is 4.05. The lowest BCUT2D eigenvalue weighted by Crippen LogP contribution is -2.35. The summed E-state index contributed by atoms with van der Waals surface area (Å²) in [5.41, 5.74) is 2.60. The molecule has 5 nitrogen and oxygen atoms in total. The number of benzene rings is 1. The molecular weight excluding hydrogens is 278 g/mol. The molecule has 0 saturated heterocycles. The number of aromatic amines is 1. The second-order valence-corrected chi connectivity index (χ2v) is 5.58. The summed E-state index contributed by atoms with van der Waals surface area (Å²) in [7, 11) is 0. The number of rotatable bonds is 4. The van der Waals surface area contributed by atoms with Crippen molar-refractivity contribution >= 4 is 28.3 Å². The summed E-state index contributed by atoms with van der Waals surface area (Å²) in [4.78, 5) is 36.3. The van der Waals surface area contributed by atoms with Gasteiger partial charge in [-0.25, -0.2) is 4.98 Å². The summed E-state index contributed by atoms with van der Waals surface area (Å²) >= 11 is 0. The number of nitrogens with zero attached hydrogens (tertiary/aromatic N) is 2. The lowest BCUT2D eigenvalue weighted by molar-refractivity contribution is -0.130. The highest BCUT2D eigenvalue weighted by molar-refractivity contribution is 6.22. The molecule has 0 radical (unpaired) electrons. The van der Waals surface area contributed by atoms with E-state index in [1.807, 2.05) is 24.3 Å². The van der Waals surface area contributed by atoms with E-state index in [1.165, 1.54) is 0 Å². The molecular formula is C17H19N3O2. The Bertz CT molecular complexity index is 704. The number of hydrogen-bond donors (Lipinski definition) is 1. The zero-order chi connectivity index (χ0) is 15.5. The Morgan fingerprint density at radius 3 is 2.95 bits per heavy atom. The van der Waals surface area contributed by atoms with Crippen molar-refractivity contribution < 1.29 is 9.59 Å². The Morgan fingerprint density at radius 1 is 1.36 bits per heavy atom. The number of nitrogens with one attached hydrogen (secondary N) is 1. The number of Topliss-reactive ketones (excluding diaryl/α,β-unsaturated/α-hetero) is 2. The second-order valence-electron chi connectivity index (χ2n) is 5.58. The average Bonchev–Trinajstić information content (AvgIpc) is 2.95. The smallest absolute Gasteiger partial charge is 0.149 e. The molecule has 1 fully saturated rings. The SMILES string of the molecule is CCC(=O)[C@H]1C(=O)CCCC1=NCc1nc2ccccc2[nH]1. The molecule has 1 aliphatic rings. The molecule has 1 atom stereocenters. The third-order valence-corrected chi connectivity index (χ3v) is 4.05.